The molecule has 0 atom stereocenters. The van der Waals surface area contributed by atoms with E-state index in [4.69, 9.17) is 9.84 Å². The first-order valence-corrected chi connectivity index (χ1v) is 6.13. The van der Waals surface area contributed by atoms with Gasteiger partial charge in [0.25, 0.3) is 0 Å². The van der Waals surface area contributed by atoms with Crippen LogP contribution < -0.4 is 5.32 Å². The van der Waals surface area contributed by atoms with E-state index in [-0.39, 0.29) is 6.61 Å². The first-order chi connectivity index (χ1) is 8.92. The van der Waals surface area contributed by atoms with Crippen LogP contribution in [0.15, 0.2) is 36.7 Å². The largest absolute Gasteiger partial charge is 0.394 e. The Morgan fingerprint density at radius 1 is 1.22 bits per heavy atom. The van der Waals surface area contributed by atoms with Crippen LogP contribution in [0.2, 0.25) is 0 Å². The lowest BCUT2D eigenvalue weighted by atomic mass is 10.1. The summed E-state index contributed by atoms with van der Waals surface area (Å²) < 4.78 is 5.19. The minimum atomic E-state index is 0.0797. The number of aliphatic hydroxyl groups excluding tert-OH is 1. The van der Waals surface area contributed by atoms with Crippen molar-refractivity contribution in [1.29, 1.82) is 0 Å². The molecular weight excluding hydrogens is 228 g/mol. The second kappa shape index (κ2) is 7.06. The number of fused-ring (bicyclic) bond motifs is 1. The predicted molar refractivity (Wildman–Crippen MR) is 71.4 cm³/mol. The van der Waals surface area contributed by atoms with E-state index in [1.165, 1.54) is 10.9 Å². The molecule has 0 fully saturated rings. The van der Waals surface area contributed by atoms with Crippen molar-refractivity contribution in [2.75, 3.05) is 26.4 Å². The van der Waals surface area contributed by atoms with Gasteiger partial charge in [-0.25, -0.2) is 0 Å². The Kier molecular flexibility index (Phi) is 5.08. The van der Waals surface area contributed by atoms with Crippen molar-refractivity contribution in [3.8, 4) is 0 Å². The highest BCUT2D eigenvalue weighted by Crippen LogP contribution is 2.16. The Labute approximate surface area is 107 Å². The number of hydrogen-bond donors (Lipinski definition) is 2. The topological polar surface area (TPSA) is 54.4 Å². The van der Waals surface area contributed by atoms with Crippen molar-refractivity contribution in [3.05, 3.63) is 42.2 Å². The minimum absolute atomic E-state index is 0.0797. The maximum Gasteiger partial charge on any atom is 0.0698 e. The van der Waals surface area contributed by atoms with Gasteiger partial charge in [0.15, 0.2) is 0 Å². The standard InChI is InChI=1S/C14H18N2O2/c17-7-9-18-8-6-16-11-13-3-1-2-12-10-15-5-4-14(12)13/h1-5,10,16-17H,6-9,11H2. The molecule has 1 heterocycles. The molecule has 0 amide bonds. The molecule has 0 aliphatic carbocycles. The summed E-state index contributed by atoms with van der Waals surface area (Å²) in [6, 6.07) is 8.26. The Hall–Kier alpha value is -1.49. The normalized spacial score (nSPS) is 10.9. The van der Waals surface area contributed by atoms with Gasteiger partial charge in [-0.2, -0.15) is 0 Å². The zero-order valence-corrected chi connectivity index (χ0v) is 10.3. The Bertz CT molecular complexity index is 483. The number of rotatable bonds is 7. The zero-order valence-electron chi connectivity index (χ0n) is 10.3. The van der Waals surface area contributed by atoms with Gasteiger partial charge < -0.3 is 15.2 Å². The number of hydrogen-bond acceptors (Lipinski definition) is 4. The van der Waals surface area contributed by atoms with Crippen LogP contribution in [-0.2, 0) is 11.3 Å². The summed E-state index contributed by atoms with van der Waals surface area (Å²) in [7, 11) is 0. The molecule has 2 N–H and O–H groups in total. The van der Waals surface area contributed by atoms with Gasteiger partial charge in [-0.3, -0.25) is 4.98 Å². The maximum atomic E-state index is 8.57. The predicted octanol–water partition coefficient (Wildman–Crippen LogP) is 1.33. The third-order valence-corrected chi connectivity index (χ3v) is 2.75. The van der Waals surface area contributed by atoms with Crippen molar-refractivity contribution in [2.45, 2.75) is 6.54 Å². The fourth-order valence-corrected chi connectivity index (χ4v) is 1.88. The van der Waals surface area contributed by atoms with E-state index in [0.29, 0.717) is 13.2 Å². The van der Waals surface area contributed by atoms with E-state index in [9.17, 15) is 0 Å². The first-order valence-electron chi connectivity index (χ1n) is 6.13. The summed E-state index contributed by atoms with van der Waals surface area (Å²) in [6.07, 6.45) is 3.69. The van der Waals surface area contributed by atoms with Crippen LogP contribution in [0.3, 0.4) is 0 Å². The molecule has 96 valence electrons. The molecule has 4 heteroatoms. The van der Waals surface area contributed by atoms with Crippen molar-refractivity contribution < 1.29 is 9.84 Å². The van der Waals surface area contributed by atoms with Gasteiger partial charge in [0.2, 0.25) is 0 Å². The van der Waals surface area contributed by atoms with Crippen molar-refractivity contribution >= 4 is 10.8 Å². The molecular formula is C14H18N2O2. The molecule has 0 unspecified atom stereocenters. The highest BCUT2D eigenvalue weighted by Gasteiger charge is 1.99. The highest BCUT2D eigenvalue weighted by molar-refractivity contribution is 5.84. The second-order valence-electron chi connectivity index (χ2n) is 4.03. The minimum Gasteiger partial charge on any atom is -0.394 e. The Morgan fingerprint density at radius 3 is 3.06 bits per heavy atom. The van der Waals surface area contributed by atoms with E-state index in [1.54, 1.807) is 0 Å². The van der Waals surface area contributed by atoms with Gasteiger partial charge in [0, 0.05) is 30.9 Å². The van der Waals surface area contributed by atoms with Crippen LogP contribution in [0.1, 0.15) is 5.56 Å². The lowest BCUT2D eigenvalue weighted by Gasteiger charge is -2.08. The monoisotopic (exact) mass is 246 g/mol. The van der Waals surface area contributed by atoms with Crippen LogP contribution in [0, 0.1) is 0 Å². The lowest BCUT2D eigenvalue weighted by molar-refractivity contribution is 0.0938. The second-order valence-corrected chi connectivity index (χ2v) is 4.03. The molecule has 0 saturated heterocycles. The molecule has 2 rings (SSSR count). The summed E-state index contributed by atoms with van der Waals surface area (Å²) in [4.78, 5) is 4.12. The maximum absolute atomic E-state index is 8.57. The number of aliphatic hydroxyl groups is 1. The number of aromatic nitrogens is 1. The Morgan fingerprint density at radius 2 is 2.17 bits per heavy atom. The third kappa shape index (κ3) is 3.50. The van der Waals surface area contributed by atoms with E-state index < -0.39 is 0 Å². The van der Waals surface area contributed by atoms with Gasteiger partial charge in [0.05, 0.1) is 19.8 Å². The fourth-order valence-electron chi connectivity index (χ4n) is 1.88. The average molecular weight is 246 g/mol. The smallest absolute Gasteiger partial charge is 0.0698 e. The van der Waals surface area contributed by atoms with E-state index in [1.807, 2.05) is 24.5 Å². The van der Waals surface area contributed by atoms with Crippen LogP contribution >= 0.6 is 0 Å². The molecule has 0 aliphatic rings. The highest BCUT2D eigenvalue weighted by atomic mass is 16.5. The fraction of sp³-hybridized carbons (Fsp3) is 0.357. The van der Waals surface area contributed by atoms with Crippen molar-refractivity contribution in [2.24, 2.45) is 0 Å². The van der Waals surface area contributed by atoms with E-state index in [0.717, 1.165) is 18.5 Å². The molecule has 2 aromatic rings. The molecule has 0 spiro atoms. The van der Waals surface area contributed by atoms with Gasteiger partial charge in [-0.15, -0.1) is 0 Å². The molecule has 4 nitrogen and oxygen atoms in total. The number of nitrogens with zero attached hydrogens (tertiary/aromatic N) is 1. The van der Waals surface area contributed by atoms with Gasteiger partial charge in [-0.05, 0) is 17.0 Å². The van der Waals surface area contributed by atoms with Crippen LogP contribution in [0.5, 0.6) is 0 Å². The Balaban J connectivity index is 1.88. The first kappa shape index (κ1) is 13.0. The van der Waals surface area contributed by atoms with Crippen LogP contribution in [0.4, 0.5) is 0 Å². The molecule has 18 heavy (non-hydrogen) atoms. The SMILES string of the molecule is OCCOCCNCc1cccc2cnccc12. The summed E-state index contributed by atoms with van der Waals surface area (Å²) >= 11 is 0. The average Bonchev–Trinajstić information content (AvgIpc) is 2.43. The summed E-state index contributed by atoms with van der Waals surface area (Å²) in [5.74, 6) is 0. The molecule has 0 bridgehead atoms. The van der Waals surface area contributed by atoms with Crippen LogP contribution in [0.25, 0.3) is 10.8 Å². The summed E-state index contributed by atoms with van der Waals surface area (Å²) in [5.41, 5.74) is 1.26. The lowest BCUT2D eigenvalue weighted by Crippen LogP contribution is -2.20. The molecule has 1 aromatic carbocycles. The zero-order chi connectivity index (χ0) is 12.6. The summed E-state index contributed by atoms with van der Waals surface area (Å²) in [6.45, 7) is 2.69. The van der Waals surface area contributed by atoms with Gasteiger partial charge >= 0.3 is 0 Å². The third-order valence-electron chi connectivity index (χ3n) is 2.75. The molecule has 1 aromatic heterocycles. The van der Waals surface area contributed by atoms with Crippen LogP contribution in [-0.4, -0.2) is 36.5 Å². The number of pyridine rings is 1. The molecule has 0 radical (unpaired) electrons. The molecule has 0 aliphatic heterocycles. The summed E-state index contributed by atoms with van der Waals surface area (Å²) in [5, 5.41) is 14.3. The number of benzene rings is 1. The van der Waals surface area contributed by atoms with Crippen molar-refractivity contribution in [3.63, 3.8) is 0 Å². The van der Waals surface area contributed by atoms with Gasteiger partial charge in [0.1, 0.15) is 0 Å². The van der Waals surface area contributed by atoms with E-state index in [2.05, 4.69) is 22.4 Å². The van der Waals surface area contributed by atoms with E-state index >= 15 is 0 Å². The van der Waals surface area contributed by atoms with Crippen molar-refractivity contribution in [1.82, 2.24) is 10.3 Å². The molecule has 0 saturated carbocycles. The number of nitrogens with one attached hydrogen (secondary N) is 1. The number of ether oxygens (including phenoxy) is 1. The quantitative estimate of drug-likeness (QED) is 0.724. The van der Waals surface area contributed by atoms with Gasteiger partial charge in [-0.1, -0.05) is 18.2 Å².